The van der Waals surface area contributed by atoms with E-state index in [2.05, 4.69) is 19.9 Å². The van der Waals surface area contributed by atoms with Gasteiger partial charge in [-0.1, -0.05) is 19.9 Å². The molecular formula is C11H18O. The molecule has 1 atom stereocenters. The fraction of sp³-hybridized carbons (Fsp3) is 0.727. The average Bonchev–Trinajstić information content (AvgIpc) is 2.05. The van der Waals surface area contributed by atoms with Crippen molar-refractivity contribution in [3.63, 3.8) is 0 Å². The van der Waals surface area contributed by atoms with E-state index in [1.807, 2.05) is 0 Å². The highest BCUT2D eigenvalue weighted by Gasteiger charge is 2.14. The van der Waals surface area contributed by atoms with Crippen LogP contribution in [-0.4, -0.2) is 5.78 Å². The number of carbonyl (C=O) groups excluding carboxylic acids is 1. The molecule has 0 spiro atoms. The van der Waals surface area contributed by atoms with Gasteiger partial charge in [0.05, 0.1) is 0 Å². The molecule has 0 aliphatic heterocycles. The molecule has 0 bridgehead atoms. The average molecular weight is 166 g/mol. The molecule has 0 saturated carbocycles. The molecule has 0 aromatic rings. The maximum Gasteiger partial charge on any atom is 0.158 e. The second-order valence-corrected chi connectivity index (χ2v) is 3.73. The minimum atomic E-state index is 0.379. The van der Waals surface area contributed by atoms with Gasteiger partial charge in [-0.3, -0.25) is 4.79 Å². The van der Waals surface area contributed by atoms with E-state index in [4.69, 9.17) is 0 Å². The van der Waals surface area contributed by atoms with Crippen LogP contribution in [0.5, 0.6) is 0 Å². The summed E-state index contributed by atoms with van der Waals surface area (Å²) < 4.78 is 0. The van der Waals surface area contributed by atoms with Gasteiger partial charge >= 0.3 is 0 Å². The number of rotatable bonds is 3. The summed E-state index contributed by atoms with van der Waals surface area (Å²) in [4.78, 5) is 11.5. The van der Waals surface area contributed by atoms with Crippen molar-refractivity contribution in [2.45, 2.75) is 46.0 Å². The van der Waals surface area contributed by atoms with E-state index in [0.717, 1.165) is 24.8 Å². The quantitative estimate of drug-likeness (QED) is 0.629. The third-order valence-corrected chi connectivity index (χ3v) is 2.43. The minimum Gasteiger partial charge on any atom is -0.295 e. The zero-order valence-electron chi connectivity index (χ0n) is 8.10. The van der Waals surface area contributed by atoms with Crippen LogP contribution in [-0.2, 0) is 4.79 Å². The predicted octanol–water partition coefficient (Wildman–Crippen LogP) is 3.10. The van der Waals surface area contributed by atoms with Crippen LogP contribution in [0, 0.1) is 5.92 Å². The van der Waals surface area contributed by atoms with E-state index in [-0.39, 0.29) is 0 Å². The lowest BCUT2D eigenvalue weighted by atomic mass is 9.89. The second-order valence-electron chi connectivity index (χ2n) is 3.73. The molecule has 0 radical (unpaired) electrons. The first-order valence-corrected chi connectivity index (χ1v) is 4.98. The number of carbonyl (C=O) groups is 1. The van der Waals surface area contributed by atoms with E-state index in [9.17, 15) is 4.79 Å². The smallest absolute Gasteiger partial charge is 0.158 e. The third kappa shape index (κ3) is 2.47. The molecule has 12 heavy (non-hydrogen) atoms. The molecule has 0 amide bonds. The van der Waals surface area contributed by atoms with Crippen LogP contribution in [0.15, 0.2) is 11.6 Å². The molecule has 68 valence electrons. The Morgan fingerprint density at radius 1 is 1.67 bits per heavy atom. The first-order valence-electron chi connectivity index (χ1n) is 4.98. The highest BCUT2D eigenvalue weighted by Crippen LogP contribution is 2.23. The van der Waals surface area contributed by atoms with Crippen molar-refractivity contribution in [2.75, 3.05) is 0 Å². The molecule has 0 heterocycles. The molecule has 1 aliphatic rings. The Morgan fingerprint density at radius 2 is 2.42 bits per heavy atom. The summed E-state index contributed by atoms with van der Waals surface area (Å²) in [6.07, 6.45) is 7.35. The first-order chi connectivity index (χ1) is 5.74. The summed E-state index contributed by atoms with van der Waals surface area (Å²) in [5.41, 5.74) is 1.09. The van der Waals surface area contributed by atoms with E-state index in [0.29, 0.717) is 11.7 Å². The molecule has 0 saturated heterocycles. The molecule has 0 aromatic heterocycles. The van der Waals surface area contributed by atoms with Crippen molar-refractivity contribution in [1.29, 1.82) is 0 Å². The number of hydrogen-bond acceptors (Lipinski definition) is 1. The van der Waals surface area contributed by atoms with E-state index < -0.39 is 0 Å². The lowest BCUT2D eigenvalue weighted by Gasteiger charge is -2.16. The number of ketones is 1. The molecule has 1 unspecified atom stereocenters. The number of allylic oxidation sites excluding steroid dienone is 2. The molecule has 0 aromatic carbocycles. The molecule has 1 aliphatic carbocycles. The van der Waals surface area contributed by atoms with Crippen LogP contribution in [0.25, 0.3) is 0 Å². The summed E-state index contributed by atoms with van der Waals surface area (Å²) in [6, 6.07) is 0. The van der Waals surface area contributed by atoms with Crippen LogP contribution < -0.4 is 0 Å². The van der Waals surface area contributed by atoms with Gasteiger partial charge in [0, 0.05) is 6.42 Å². The lowest BCUT2D eigenvalue weighted by molar-refractivity contribution is -0.115. The van der Waals surface area contributed by atoms with Crippen LogP contribution >= 0.6 is 0 Å². The van der Waals surface area contributed by atoms with Crippen molar-refractivity contribution in [3.8, 4) is 0 Å². The zero-order chi connectivity index (χ0) is 8.97. The Hall–Kier alpha value is -0.590. The maximum absolute atomic E-state index is 11.5. The van der Waals surface area contributed by atoms with Crippen molar-refractivity contribution in [1.82, 2.24) is 0 Å². The van der Waals surface area contributed by atoms with Crippen molar-refractivity contribution in [3.05, 3.63) is 11.6 Å². The normalized spacial score (nSPS) is 23.5. The van der Waals surface area contributed by atoms with Gasteiger partial charge in [-0.15, -0.1) is 0 Å². The van der Waals surface area contributed by atoms with Gasteiger partial charge < -0.3 is 0 Å². The van der Waals surface area contributed by atoms with Gasteiger partial charge in [0.25, 0.3) is 0 Å². The highest BCUT2D eigenvalue weighted by atomic mass is 16.1. The Labute approximate surface area is 74.9 Å². The van der Waals surface area contributed by atoms with Crippen LogP contribution in [0.1, 0.15) is 46.0 Å². The van der Waals surface area contributed by atoms with Gasteiger partial charge in [-0.2, -0.15) is 0 Å². The summed E-state index contributed by atoms with van der Waals surface area (Å²) in [5, 5.41) is 0. The van der Waals surface area contributed by atoms with Gasteiger partial charge in [0.15, 0.2) is 5.78 Å². The summed E-state index contributed by atoms with van der Waals surface area (Å²) >= 11 is 0. The predicted molar refractivity (Wildman–Crippen MR) is 51.0 cm³/mol. The van der Waals surface area contributed by atoms with E-state index in [1.165, 1.54) is 12.8 Å². The maximum atomic E-state index is 11.5. The monoisotopic (exact) mass is 166 g/mol. The first kappa shape index (κ1) is 9.50. The fourth-order valence-electron chi connectivity index (χ4n) is 1.74. The topological polar surface area (TPSA) is 17.1 Å². The zero-order valence-corrected chi connectivity index (χ0v) is 8.10. The number of Topliss-reactive ketones (excluding diaryl/α,β-unsaturated/α-hetero) is 1. The SMILES string of the molecule is CCCC(=O)C1=CC(C)CCC1. The fourth-order valence-corrected chi connectivity index (χ4v) is 1.74. The van der Waals surface area contributed by atoms with Gasteiger partial charge in [0.2, 0.25) is 0 Å². The molecule has 1 heteroatoms. The summed E-state index contributed by atoms with van der Waals surface area (Å²) in [6.45, 7) is 4.25. The Bertz CT molecular complexity index is 191. The van der Waals surface area contributed by atoms with Crippen molar-refractivity contribution in [2.24, 2.45) is 5.92 Å². The van der Waals surface area contributed by atoms with Crippen LogP contribution in [0.3, 0.4) is 0 Å². The van der Waals surface area contributed by atoms with Crippen molar-refractivity contribution >= 4 is 5.78 Å². The van der Waals surface area contributed by atoms with Crippen LogP contribution in [0.2, 0.25) is 0 Å². The standard InChI is InChI=1S/C11H18O/c1-3-5-11(12)10-7-4-6-9(2)8-10/h8-9H,3-7H2,1-2H3. The summed E-state index contributed by atoms with van der Waals surface area (Å²) in [5.74, 6) is 0.999. The Balaban J connectivity index is 2.55. The van der Waals surface area contributed by atoms with Gasteiger partial charge in [-0.25, -0.2) is 0 Å². The van der Waals surface area contributed by atoms with Gasteiger partial charge in [-0.05, 0) is 37.2 Å². The third-order valence-electron chi connectivity index (χ3n) is 2.43. The van der Waals surface area contributed by atoms with E-state index >= 15 is 0 Å². The largest absolute Gasteiger partial charge is 0.295 e. The molecule has 1 rings (SSSR count). The van der Waals surface area contributed by atoms with Gasteiger partial charge in [0.1, 0.15) is 0 Å². The lowest BCUT2D eigenvalue weighted by Crippen LogP contribution is -2.08. The molecule has 1 nitrogen and oxygen atoms in total. The van der Waals surface area contributed by atoms with Crippen molar-refractivity contribution < 1.29 is 4.79 Å². The minimum absolute atomic E-state index is 0.379. The molecular weight excluding hydrogens is 148 g/mol. The highest BCUT2D eigenvalue weighted by molar-refractivity contribution is 5.95. The Morgan fingerprint density at radius 3 is 3.00 bits per heavy atom. The van der Waals surface area contributed by atoms with E-state index in [1.54, 1.807) is 0 Å². The summed E-state index contributed by atoms with van der Waals surface area (Å²) in [7, 11) is 0. The second kappa shape index (κ2) is 4.44. The van der Waals surface area contributed by atoms with Crippen LogP contribution in [0.4, 0.5) is 0 Å². The number of hydrogen-bond donors (Lipinski definition) is 0. The molecule has 0 fully saturated rings. The molecule has 0 N–H and O–H groups in total. The Kier molecular flexibility index (Phi) is 3.51.